The van der Waals surface area contributed by atoms with Gasteiger partial charge in [0.1, 0.15) is 6.54 Å². The number of aromatic nitrogens is 1. The fourth-order valence-corrected chi connectivity index (χ4v) is 3.37. The summed E-state index contributed by atoms with van der Waals surface area (Å²) in [6, 6.07) is 8.08. The Morgan fingerprint density at radius 1 is 1.48 bits per heavy atom. The maximum Gasteiger partial charge on any atom is 0.244 e. The first-order valence-corrected chi connectivity index (χ1v) is 7.86. The van der Waals surface area contributed by atoms with Gasteiger partial charge in [-0.2, -0.15) is 0 Å². The van der Waals surface area contributed by atoms with Gasteiger partial charge in [-0.1, -0.05) is 30.4 Å². The highest BCUT2D eigenvalue weighted by Crippen LogP contribution is 2.37. The predicted molar refractivity (Wildman–Crippen MR) is 86.3 cm³/mol. The lowest BCUT2D eigenvalue weighted by molar-refractivity contribution is -0.115. The molecule has 3 rings (SSSR count). The number of amides is 1. The molecule has 1 unspecified atom stereocenters. The molecule has 0 spiro atoms. The molecule has 1 aromatic heterocycles. The van der Waals surface area contributed by atoms with Crippen LogP contribution in [0.1, 0.15) is 24.8 Å². The number of carbonyl (C=O) groups excluding carboxylic acids is 1. The van der Waals surface area contributed by atoms with Crippen LogP contribution in [-0.2, 0) is 4.79 Å². The number of thiazole rings is 1. The van der Waals surface area contributed by atoms with Gasteiger partial charge in [-0.3, -0.25) is 4.79 Å². The molecule has 1 aliphatic rings. The van der Waals surface area contributed by atoms with Crippen LogP contribution in [0.2, 0.25) is 0 Å². The van der Waals surface area contributed by atoms with Crippen molar-refractivity contribution >= 4 is 33.8 Å². The van der Waals surface area contributed by atoms with Crippen LogP contribution in [-0.4, -0.2) is 24.0 Å². The van der Waals surface area contributed by atoms with Crippen LogP contribution in [0.15, 0.2) is 30.5 Å². The summed E-state index contributed by atoms with van der Waals surface area (Å²) in [5.74, 6) is -0.00909. The van der Waals surface area contributed by atoms with E-state index in [9.17, 15) is 4.79 Å². The Labute approximate surface area is 128 Å². The van der Waals surface area contributed by atoms with Gasteiger partial charge < -0.3 is 15.5 Å². The van der Waals surface area contributed by atoms with Crippen LogP contribution in [0, 0.1) is 0 Å². The summed E-state index contributed by atoms with van der Waals surface area (Å²) in [5.41, 5.74) is 1.83. The zero-order chi connectivity index (χ0) is 14.8. The maximum absolute atomic E-state index is 11.9. The van der Waals surface area contributed by atoms with Crippen molar-refractivity contribution < 1.29 is 4.79 Å². The number of hydrogen-bond acceptors (Lipinski definition) is 5. The van der Waals surface area contributed by atoms with Crippen molar-refractivity contribution in [3.63, 3.8) is 0 Å². The first-order valence-electron chi connectivity index (χ1n) is 7.04. The number of carbonyl (C=O) groups is 1. The van der Waals surface area contributed by atoms with Crippen LogP contribution < -0.4 is 15.5 Å². The van der Waals surface area contributed by atoms with Gasteiger partial charge in [0, 0.05) is 17.1 Å². The molecule has 5 nitrogen and oxygen atoms in total. The molecule has 2 heterocycles. The molecule has 1 aliphatic heterocycles. The predicted octanol–water partition coefficient (Wildman–Crippen LogP) is 2.90. The molecule has 0 fully saturated rings. The lowest BCUT2D eigenvalue weighted by atomic mass is 10.2. The van der Waals surface area contributed by atoms with Crippen molar-refractivity contribution in [2.45, 2.75) is 19.9 Å². The lowest BCUT2D eigenvalue weighted by Crippen LogP contribution is -2.34. The second kappa shape index (κ2) is 5.83. The van der Waals surface area contributed by atoms with Gasteiger partial charge in [0.25, 0.3) is 0 Å². The molecular formula is C15H18N4OS. The number of benzene rings is 1. The molecule has 0 saturated carbocycles. The van der Waals surface area contributed by atoms with E-state index in [1.54, 1.807) is 11.3 Å². The Balaban J connectivity index is 1.92. The first kappa shape index (κ1) is 14.0. The smallest absolute Gasteiger partial charge is 0.244 e. The summed E-state index contributed by atoms with van der Waals surface area (Å²) >= 11 is 1.63. The summed E-state index contributed by atoms with van der Waals surface area (Å²) in [6.07, 6.45) is 1.89. The van der Waals surface area contributed by atoms with Crippen molar-refractivity contribution in [1.29, 1.82) is 0 Å². The van der Waals surface area contributed by atoms with E-state index in [0.29, 0.717) is 6.54 Å². The zero-order valence-corrected chi connectivity index (χ0v) is 12.9. The Morgan fingerprint density at radius 2 is 2.29 bits per heavy atom. The Kier molecular flexibility index (Phi) is 3.90. The fourth-order valence-electron chi connectivity index (χ4n) is 2.41. The summed E-state index contributed by atoms with van der Waals surface area (Å²) in [7, 11) is 0. The topological polar surface area (TPSA) is 57.3 Å². The van der Waals surface area contributed by atoms with Crippen LogP contribution in [0.25, 0.3) is 0 Å². The molecule has 21 heavy (non-hydrogen) atoms. The van der Waals surface area contributed by atoms with E-state index in [1.807, 2.05) is 35.4 Å². The standard InChI is InChI=1S/C15H18N4OS/c1-3-16-10(2)13-8-17-15(21-13)19-9-14(20)18-11-6-4-5-7-12(11)19/h4-8,10,16H,3,9H2,1-2H3,(H,18,20). The van der Waals surface area contributed by atoms with E-state index in [1.165, 1.54) is 4.88 Å². The Hall–Kier alpha value is -1.92. The van der Waals surface area contributed by atoms with E-state index in [2.05, 4.69) is 29.5 Å². The lowest BCUT2D eigenvalue weighted by Gasteiger charge is -2.28. The highest BCUT2D eigenvalue weighted by Gasteiger charge is 2.25. The van der Waals surface area contributed by atoms with Crippen molar-refractivity contribution in [2.24, 2.45) is 0 Å². The molecule has 1 atom stereocenters. The molecule has 0 aliphatic carbocycles. The maximum atomic E-state index is 11.9. The van der Waals surface area contributed by atoms with Gasteiger partial charge in [0.2, 0.25) is 5.91 Å². The Bertz CT molecular complexity index is 655. The Morgan fingerprint density at radius 3 is 3.10 bits per heavy atom. The third-order valence-electron chi connectivity index (χ3n) is 3.45. The molecule has 0 saturated heterocycles. The summed E-state index contributed by atoms with van der Waals surface area (Å²) in [4.78, 5) is 19.5. The van der Waals surface area contributed by atoms with Gasteiger partial charge in [0.05, 0.1) is 11.4 Å². The number of rotatable bonds is 4. The average molecular weight is 302 g/mol. The zero-order valence-electron chi connectivity index (χ0n) is 12.1. The molecular weight excluding hydrogens is 284 g/mol. The van der Waals surface area contributed by atoms with Crippen LogP contribution in [0.3, 0.4) is 0 Å². The highest BCUT2D eigenvalue weighted by molar-refractivity contribution is 7.15. The van der Waals surface area contributed by atoms with Gasteiger partial charge in [-0.15, -0.1) is 0 Å². The molecule has 0 radical (unpaired) electrons. The van der Waals surface area contributed by atoms with E-state index in [-0.39, 0.29) is 11.9 Å². The molecule has 6 heteroatoms. The van der Waals surface area contributed by atoms with E-state index in [0.717, 1.165) is 23.1 Å². The normalized spacial score (nSPS) is 15.5. The van der Waals surface area contributed by atoms with Crippen molar-refractivity contribution in [3.05, 3.63) is 35.3 Å². The molecule has 2 N–H and O–H groups in total. The van der Waals surface area contributed by atoms with Gasteiger partial charge in [-0.05, 0) is 25.6 Å². The molecule has 1 aromatic carbocycles. The number of fused-ring (bicyclic) bond motifs is 1. The number of hydrogen-bond donors (Lipinski definition) is 2. The summed E-state index contributed by atoms with van der Waals surface area (Å²) < 4.78 is 0. The molecule has 110 valence electrons. The minimum absolute atomic E-state index is 0.00909. The molecule has 0 bridgehead atoms. The van der Waals surface area contributed by atoms with Gasteiger partial charge in [-0.25, -0.2) is 4.98 Å². The average Bonchev–Trinajstić information content (AvgIpc) is 2.96. The van der Waals surface area contributed by atoms with Gasteiger partial charge >= 0.3 is 0 Å². The monoisotopic (exact) mass is 302 g/mol. The highest BCUT2D eigenvalue weighted by atomic mass is 32.1. The second-order valence-electron chi connectivity index (χ2n) is 4.98. The first-order chi connectivity index (χ1) is 10.2. The quantitative estimate of drug-likeness (QED) is 0.912. The number of nitrogens with zero attached hydrogens (tertiary/aromatic N) is 2. The number of para-hydroxylation sites is 2. The SMILES string of the molecule is CCNC(C)c1cnc(N2CC(=O)Nc3ccccc32)s1. The van der Waals surface area contributed by atoms with Gasteiger partial charge in [0.15, 0.2) is 5.13 Å². The van der Waals surface area contributed by atoms with E-state index in [4.69, 9.17) is 0 Å². The third-order valence-corrected chi connectivity index (χ3v) is 4.65. The van der Waals surface area contributed by atoms with Crippen molar-refractivity contribution in [2.75, 3.05) is 23.3 Å². The van der Waals surface area contributed by atoms with Crippen molar-refractivity contribution in [1.82, 2.24) is 10.3 Å². The number of nitrogens with one attached hydrogen (secondary N) is 2. The van der Waals surface area contributed by atoms with E-state index >= 15 is 0 Å². The number of anilines is 3. The summed E-state index contributed by atoms with van der Waals surface area (Å²) in [5, 5.41) is 7.13. The van der Waals surface area contributed by atoms with Crippen LogP contribution in [0.5, 0.6) is 0 Å². The minimum Gasteiger partial charge on any atom is -0.323 e. The van der Waals surface area contributed by atoms with E-state index < -0.39 is 0 Å². The summed E-state index contributed by atoms with van der Waals surface area (Å²) in [6.45, 7) is 5.43. The molecule has 1 amide bonds. The van der Waals surface area contributed by atoms with Crippen molar-refractivity contribution in [3.8, 4) is 0 Å². The van der Waals surface area contributed by atoms with Crippen LogP contribution >= 0.6 is 11.3 Å². The van der Waals surface area contributed by atoms with Crippen LogP contribution in [0.4, 0.5) is 16.5 Å². The largest absolute Gasteiger partial charge is 0.323 e. The third kappa shape index (κ3) is 2.77. The second-order valence-corrected chi connectivity index (χ2v) is 6.02. The fraction of sp³-hybridized carbons (Fsp3) is 0.333. The minimum atomic E-state index is -0.00909. The molecule has 2 aromatic rings.